The molecule has 1 aromatic carbocycles. The molecule has 27 heavy (non-hydrogen) atoms. The molecule has 1 aliphatic rings. The van der Waals surface area contributed by atoms with Crippen molar-refractivity contribution < 1.29 is 27.9 Å². The first-order valence-corrected chi connectivity index (χ1v) is 9.60. The van der Waals surface area contributed by atoms with Crippen LogP contribution in [0.5, 0.6) is 0 Å². The minimum atomic E-state index is -4.53. The number of nitrogens with zero attached hydrogens (tertiary/aromatic N) is 1. The van der Waals surface area contributed by atoms with Gasteiger partial charge in [-0.1, -0.05) is 12.1 Å². The van der Waals surface area contributed by atoms with Crippen molar-refractivity contribution in [2.75, 3.05) is 13.1 Å². The Labute approximate surface area is 158 Å². The third kappa shape index (κ3) is 4.10. The zero-order valence-electron chi connectivity index (χ0n) is 14.8. The third-order valence-electron chi connectivity index (χ3n) is 5.10. The molecular formula is C19H20F3NO3S. The Morgan fingerprint density at radius 3 is 2.63 bits per heavy atom. The molecule has 0 radical (unpaired) electrons. The lowest BCUT2D eigenvalue weighted by Crippen LogP contribution is -2.29. The van der Waals surface area contributed by atoms with Crippen LogP contribution in [0.3, 0.4) is 0 Å². The van der Waals surface area contributed by atoms with Gasteiger partial charge in [-0.25, -0.2) is 4.79 Å². The SMILES string of the molecule is CC(=O)N1CCCC(Cc2c(C(=O)O)sc3c(C(F)(F)F)cccc23)CC1. The summed E-state index contributed by atoms with van der Waals surface area (Å²) >= 11 is 0.701. The molecule has 4 nitrogen and oxygen atoms in total. The van der Waals surface area contributed by atoms with Gasteiger partial charge >= 0.3 is 12.1 Å². The van der Waals surface area contributed by atoms with Gasteiger partial charge in [0.05, 0.1) is 5.56 Å². The van der Waals surface area contributed by atoms with Gasteiger partial charge in [-0.15, -0.1) is 11.3 Å². The molecule has 1 saturated heterocycles. The summed E-state index contributed by atoms with van der Waals surface area (Å²) in [6.45, 7) is 2.78. The second-order valence-corrected chi connectivity index (χ2v) is 7.92. The number of likely N-dealkylation sites (tertiary alicyclic amines) is 1. The van der Waals surface area contributed by atoms with Gasteiger partial charge in [-0.3, -0.25) is 4.79 Å². The van der Waals surface area contributed by atoms with Crippen molar-refractivity contribution in [2.45, 2.75) is 38.8 Å². The smallest absolute Gasteiger partial charge is 0.417 e. The minimum Gasteiger partial charge on any atom is -0.477 e. The summed E-state index contributed by atoms with van der Waals surface area (Å²) in [6.07, 6.45) is -1.77. The maximum absolute atomic E-state index is 13.3. The van der Waals surface area contributed by atoms with E-state index in [1.54, 1.807) is 11.0 Å². The lowest BCUT2D eigenvalue weighted by Gasteiger charge is -2.18. The molecule has 0 saturated carbocycles. The molecule has 2 aromatic rings. The van der Waals surface area contributed by atoms with E-state index < -0.39 is 17.7 Å². The Bertz CT molecular complexity index is 875. The molecule has 1 fully saturated rings. The van der Waals surface area contributed by atoms with E-state index in [-0.39, 0.29) is 21.4 Å². The van der Waals surface area contributed by atoms with E-state index in [0.29, 0.717) is 41.8 Å². The topological polar surface area (TPSA) is 57.6 Å². The van der Waals surface area contributed by atoms with Gasteiger partial charge in [0.1, 0.15) is 4.88 Å². The van der Waals surface area contributed by atoms with E-state index >= 15 is 0 Å². The average molecular weight is 399 g/mol. The molecule has 0 aliphatic carbocycles. The van der Waals surface area contributed by atoms with Crippen molar-refractivity contribution in [2.24, 2.45) is 5.92 Å². The fraction of sp³-hybridized carbons (Fsp3) is 0.474. The summed E-state index contributed by atoms with van der Waals surface area (Å²) in [5.41, 5.74) is -0.308. The van der Waals surface area contributed by atoms with Crippen molar-refractivity contribution in [3.63, 3.8) is 0 Å². The number of benzene rings is 1. The largest absolute Gasteiger partial charge is 0.477 e. The highest BCUT2D eigenvalue weighted by Gasteiger charge is 2.35. The van der Waals surface area contributed by atoms with Crippen LogP contribution in [0, 0.1) is 5.92 Å². The maximum atomic E-state index is 13.3. The second kappa shape index (κ2) is 7.50. The average Bonchev–Trinajstić information content (AvgIpc) is 2.78. The Balaban J connectivity index is 1.97. The normalized spacial score (nSPS) is 18.5. The summed E-state index contributed by atoms with van der Waals surface area (Å²) < 4.78 is 39.9. The van der Waals surface area contributed by atoms with E-state index in [0.717, 1.165) is 25.3 Å². The fourth-order valence-corrected chi connectivity index (χ4v) is 4.95. The molecule has 146 valence electrons. The molecule has 0 spiro atoms. The number of carboxylic acids is 1. The first-order chi connectivity index (χ1) is 12.7. The number of halogens is 3. The van der Waals surface area contributed by atoms with Crippen LogP contribution in [-0.4, -0.2) is 35.0 Å². The van der Waals surface area contributed by atoms with Crippen LogP contribution in [-0.2, 0) is 17.4 Å². The van der Waals surface area contributed by atoms with Gasteiger partial charge in [-0.05, 0) is 48.6 Å². The number of carbonyl (C=O) groups is 2. The predicted molar refractivity (Wildman–Crippen MR) is 97.1 cm³/mol. The quantitative estimate of drug-likeness (QED) is 0.806. The summed E-state index contributed by atoms with van der Waals surface area (Å²) in [7, 11) is 0. The van der Waals surface area contributed by atoms with Crippen molar-refractivity contribution in [1.82, 2.24) is 4.90 Å². The summed E-state index contributed by atoms with van der Waals surface area (Å²) in [6, 6.07) is 3.89. The van der Waals surface area contributed by atoms with Crippen LogP contribution in [0.15, 0.2) is 18.2 Å². The first-order valence-electron chi connectivity index (χ1n) is 8.79. The summed E-state index contributed by atoms with van der Waals surface area (Å²) in [5, 5.41) is 9.91. The number of aromatic carboxylic acids is 1. The van der Waals surface area contributed by atoms with Gasteiger partial charge in [-0.2, -0.15) is 13.2 Å². The zero-order valence-corrected chi connectivity index (χ0v) is 15.6. The molecule has 1 aromatic heterocycles. The number of fused-ring (bicyclic) bond motifs is 1. The van der Waals surface area contributed by atoms with Crippen LogP contribution in [0.4, 0.5) is 13.2 Å². The second-order valence-electron chi connectivity index (χ2n) is 6.90. The third-order valence-corrected chi connectivity index (χ3v) is 6.37. The summed E-state index contributed by atoms with van der Waals surface area (Å²) in [4.78, 5) is 25.0. The molecule has 1 N–H and O–H groups in total. The monoisotopic (exact) mass is 399 g/mol. The van der Waals surface area contributed by atoms with Gasteiger partial charge in [0.2, 0.25) is 5.91 Å². The predicted octanol–water partition coefficient (Wildman–Crippen LogP) is 4.81. The number of hydrogen-bond donors (Lipinski definition) is 1. The van der Waals surface area contributed by atoms with Crippen LogP contribution in [0.1, 0.15) is 47.0 Å². The summed E-state index contributed by atoms with van der Waals surface area (Å²) in [5.74, 6) is -1.05. The van der Waals surface area contributed by atoms with Crippen LogP contribution in [0.25, 0.3) is 10.1 Å². The van der Waals surface area contributed by atoms with E-state index in [1.807, 2.05) is 0 Å². The number of thiophene rings is 1. The van der Waals surface area contributed by atoms with Gasteiger partial charge in [0.25, 0.3) is 0 Å². The number of amides is 1. The molecule has 3 rings (SSSR count). The van der Waals surface area contributed by atoms with Gasteiger partial charge < -0.3 is 10.0 Å². The molecule has 0 bridgehead atoms. The maximum Gasteiger partial charge on any atom is 0.417 e. The van der Waals surface area contributed by atoms with Crippen LogP contribution < -0.4 is 0 Å². The number of carboxylic acid groups (broad SMARTS) is 1. The van der Waals surface area contributed by atoms with Crippen molar-refractivity contribution in [1.29, 1.82) is 0 Å². The Morgan fingerprint density at radius 1 is 1.26 bits per heavy atom. The van der Waals surface area contributed by atoms with E-state index in [2.05, 4.69) is 0 Å². The lowest BCUT2D eigenvalue weighted by molar-refractivity contribution is -0.136. The standard InChI is InChI=1S/C19H20F3NO3S/c1-11(24)23-8-3-4-12(7-9-23)10-14-13-5-2-6-15(19(20,21)22)16(13)27-17(14)18(25)26/h2,5-6,12H,3-4,7-10H2,1H3,(H,25,26). The highest BCUT2D eigenvalue weighted by atomic mass is 32.1. The zero-order chi connectivity index (χ0) is 19.8. The van der Waals surface area contributed by atoms with Crippen molar-refractivity contribution in [3.8, 4) is 0 Å². The molecule has 1 unspecified atom stereocenters. The van der Waals surface area contributed by atoms with Gasteiger partial charge in [0.15, 0.2) is 0 Å². The highest BCUT2D eigenvalue weighted by Crippen LogP contribution is 2.42. The van der Waals surface area contributed by atoms with Crippen LogP contribution in [0.2, 0.25) is 0 Å². The Kier molecular flexibility index (Phi) is 5.46. The first kappa shape index (κ1) is 19.7. The molecule has 8 heteroatoms. The van der Waals surface area contributed by atoms with Crippen molar-refractivity contribution >= 4 is 33.3 Å². The molecule has 1 amide bonds. The molecular weight excluding hydrogens is 379 g/mol. The minimum absolute atomic E-state index is 0.0117. The Morgan fingerprint density at radius 2 is 2.00 bits per heavy atom. The number of rotatable bonds is 3. The van der Waals surface area contributed by atoms with E-state index in [1.165, 1.54) is 13.0 Å². The number of alkyl halides is 3. The lowest BCUT2D eigenvalue weighted by atomic mass is 9.91. The van der Waals surface area contributed by atoms with E-state index in [4.69, 9.17) is 0 Å². The highest BCUT2D eigenvalue weighted by molar-refractivity contribution is 7.21. The molecule has 2 heterocycles. The van der Waals surface area contributed by atoms with Crippen LogP contribution >= 0.6 is 11.3 Å². The molecule has 1 atom stereocenters. The van der Waals surface area contributed by atoms with Crippen molar-refractivity contribution in [3.05, 3.63) is 34.2 Å². The molecule has 1 aliphatic heterocycles. The number of carbonyl (C=O) groups excluding carboxylic acids is 1. The van der Waals surface area contributed by atoms with Gasteiger partial charge in [0, 0.05) is 24.7 Å². The number of hydrogen-bond acceptors (Lipinski definition) is 3. The van der Waals surface area contributed by atoms with E-state index in [9.17, 15) is 27.9 Å². The Hall–Kier alpha value is -2.09. The fourth-order valence-electron chi connectivity index (χ4n) is 3.74.